The summed E-state index contributed by atoms with van der Waals surface area (Å²) in [6, 6.07) is 8.91. The molecule has 2 aromatic carbocycles. The molecule has 9 rings (SSSR count). The van der Waals surface area contributed by atoms with Gasteiger partial charge < -0.3 is 10.6 Å². The van der Waals surface area contributed by atoms with Crippen molar-refractivity contribution in [1.82, 2.24) is 15.6 Å². The number of imide groups is 1. The molecule has 206 valence electrons. The van der Waals surface area contributed by atoms with Crippen molar-refractivity contribution in [1.29, 1.82) is 0 Å². The van der Waals surface area contributed by atoms with Gasteiger partial charge in [0, 0.05) is 45.9 Å². The number of anilines is 2. The first-order valence-electron chi connectivity index (χ1n) is 14.6. The fourth-order valence-corrected chi connectivity index (χ4v) is 9.42. The van der Waals surface area contributed by atoms with Crippen molar-refractivity contribution in [3.63, 3.8) is 0 Å². The Balaban J connectivity index is 0.975. The third-order valence-electron chi connectivity index (χ3n) is 9.96. The van der Waals surface area contributed by atoms with E-state index < -0.39 is 11.9 Å². The van der Waals surface area contributed by atoms with E-state index in [0.717, 1.165) is 57.1 Å². The van der Waals surface area contributed by atoms with Crippen LogP contribution in [-0.2, 0) is 22.7 Å². The van der Waals surface area contributed by atoms with Gasteiger partial charge in [-0.05, 0) is 80.9 Å². The maximum absolute atomic E-state index is 13.4. The Kier molecular flexibility index (Phi) is 5.58. The van der Waals surface area contributed by atoms with Crippen molar-refractivity contribution in [2.75, 3.05) is 10.2 Å². The van der Waals surface area contributed by atoms with Crippen LogP contribution in [-0.4, -0.2) is 34.3 Å². The van der Waals surface area contributed by atoms with Crippen LogP contribution in [0.1, 0.15) is 72.4 Å². The Hall–Kier alpha value is -3.30. The third-order valence-corrected chi connectivity index (χ3v) is 10.9. The fourth-order valence-electron chi connectivity index (χ4n) is 8.69. The lowest BCUT2D eigenvalue weighted by atomic mass is 9.53. The molecule has 1 saturated heterocycles. The minimum absolute atomic E-state index is 0.191. The minimum atomic E-state index is -0.680. The number of carbonyl (C=O) groups is 3. The van der Waals surface area contributed by atoms with Gasteiger partial charge in [0.15, 0.2) is 0 Å². The number of nitrogens with zero attached hydrogens (tertiary/aromatic N) is 2. The summed E-state index contributed by atoms with van der Waals surface area (Å²) in [7, 11) is 0. The van der Waals surface area contributed by atoms with Gasteiger partial charge in [-0.25, -0.2) is 4.98 Å². The van der Waals surface area contributed by atoms with E-state index in [1.54, 1.807) is 16.2 Å². The first kappa shape index (κ1) is 24.5. The number of benzene rings is 2. The van der Waals surface area contributed by atoms with Crippen LogP contribution < -0.4 is 20.9 Å². The molecule has 3 amide bonds. The predicted octanol–water partition coefficient (Wildman–Crippen LogP) is 4.73. The minimum Gasteiger partial charge on any atom is -0.378 e. The number of rotatable bonds is 7. The molecule has 3 N–H and O–H groups in total. The van der Waals surface area contributed by atoms with Crippen LogP contribution in [0, 0.1) is 17.8 Å². The SMILES string of the molecule is O=C1CCC(N2C(=O)c3cccc4c(NCc5nc(CNC67CC8CC(CC(C8)C6)C7)cs5)ccc2c34)C(=O)N1. The molecule has 1 unspecified atom stereocenters. The number of piperidine rings is 1. The molecule has 9 heteroatoms. The van der Waals surface area contributed by atoms with E-state index in [1.165, 1.54) is 38.5 Å². The highest BCUT2D eigenvalue weighted by molar-refractivity contribution is 7.09. The predicted molar refractivity (Wildman–Crippen MR) is 154 cm³/mol. The van der Waals surface area contributed by atoms with Gasteiger partial charge in [0.25, 0.3) is 5.91 Å². The van der Waals surface area contributed by atoms with Crippen LogP contribution in [0.3, 0.4) is 0 Å². The summed E-state index contributed by atoms with van der Waals surface area (Å²) in [5.74, 6) is 1.90. The van der Waals surface area contributed by atoms with Crippen molar-refractivity contribution >= 4 is 51.2 Å². The van der Waals surface area contributed by atoms with E-state index in [4.69, 9.17) is 4.98 Å². The van der Waals surface area contributed by atoms with E-state index in [-0.39, 0.29) is 18.2 Å². The summed E-state index contributed by atoms with van der Waals surface area (Å²) in [6.07, 6.45) is 8.93. The number of hydrogen-bond donors (Lipinski definition) is 3. The molecule has 0 radical (unpaired) electrons. The summed E-state index contributed by atoms with van der Waals surface area (Å²) in [4.78, 5) is 44.1. The lowest BCUT2D eigenvalue weighted by Crippen LogP contribution is -2.58. The zero-order chi connectivity index (χ0) is 27.0. The molecule has 6 aliphatic rings. The second-order valence-corrected chi connectivity index (χ2v) is 13.6. The van der Waals surface area contributed by atoms with Crippen molar-refractivity contribution in [3.05, 3.63) is 52.0 Å². The zero-order valence-electron chi connectivity index (χ0n) is 22.4. The number of amides is 3. The summed E-state index contributed by atoms with van der Waals surface area (Å²) in [5, 5.41) is 14.9. The normalized spacial score (nSPS) is 30.4. The smallest absolute Gasteiger partial charge is 0.259 e. The molecular formula is C31H33N5O3S. The van der Waals surface area contributed by atoms with Gasteiger partial charge in [-0.3, -0.25) is 24.6 Å². The van der Waals surface area contributed by atoms with E-state index in [1.807, 2.05) is 30.3 Å². The Bertz CT molecular complexity index is 1530. The van der Waals surface area contributed by atoms with Crippen LogP contribution in [0.4, 0.5) is 11.4 Å². The quantitative estimate of drug-likeness (QED) is 0.364. The van der Waals surface area contributed by atoms with Gasteiger partial charge in [0.1, 0.15) is 11.0 Å². The highest BCUT2D eigenvalue weighted by Gasteiger charge is 2.50. The van der Waals surface area contributed by atoms with E-state index >= 15 is 0 Å². The molecule has 3 heterocycles. The average molecular weight is 556 g/mol. The molecule has 0 spiro atoms. The van der Waals surface area contributed by atoms with Crippen LogP contribution >= 0.6 is 11.3 Å². The lowest BCUT2D eigenvalue weighted by Gasteiger charge is -2.57. The van der Waals surface area contributed by atoms with Gasteiger partial charge >= 0.3 is 0 Å². The molecule has 40 heavy (non-hydrogen) atoms. The van der Waals surface area contributed by atoms with Gasteiger partial charge in [-0.2, -0.15) is 0 Å². The maximum Gasteiger partial charge on any atom is 0.259 e. The summed E-state index contributed by atoms with van der Waals surface area (Å²) >= 11 is 1.68. The van der Waals surface area contributed by atoms with Crippen molar-refractivity contribution in [2.24, 2.45) is 17.8 Å². The standard InChI is InChI=1S/C31H33N5O3S/c37-26-7-6-25(29(38)35-26)36-24-5-4-23(21-2-1-3-22(28(21)24)30(36)39)32-15-27-34-20(16-40-27)14-33-31-11-17-8-18(12-31)10-19(9-17)13-31/h1-5,16-19,25,32-33H,6-15H2,(H,35,37,38). The molecular weight excluding hydrogens is 522 g/mol. The molecule has 1 atom stereocenters. The van der Waals surface area contributed by atoms with Gasteiger partial charge in [-0.15, -0.1) is 11.3 Å². The average Bonchev–Trinajstić information content (AvgIpc) is 3.50. The molecule has 5 fully saturated rings. The number of hydrogen-bond acceptors (Lipinski definition) is 7. The highest BCUT2D eigenvalue weighted by Crippen LogP contribution is 2.55. The van der Waals surface area contributed by atoms with Crippen LogP contribution in [0.2, 0.25) is 0 Å². The molecule has 4 saturated carbocycles. The Labute approximate surface area is 236 Å². The zero-order valence-corrected chi connectivity index (χ0v) is 23.2. The van der Waals surface area contributed by atoms with Gasteiger partial charge in [0.05, 0.1) is 17.9 Å². The second kappa shape index (κ2) is 9.11. The van der Waals surface area contributed by atoms with Crippen LogP contribution in [0.5, 0.6) is 0 Å². The van der Waals surface area contributed by atoms with E-state index in [9.17, 15) is 14.4 Å². The monoisotopic (exact) mass is 555 g/mol. The van der Waals surface area contributed by atoms with E-state index in [0.29, 0.717) is 24.1 Å². The molecule has 1 aromatic heterocycles. The molecule has 2 aliphatic heterocycles. The molecule has 3 aromatic rings. The number of nitrogens with one attached hydrogen (secondary N) is 3. The van der Waals surface area contributed by atoms with Crippen LogP contribution in [0.25, 0.3) is 10.8 Å². The molecule has 4 aliphatic carbocycles. The highest BCUT2D eigenvalue weighted by atomic mass is 32.1. The molecule has 4 bridgehead atoms. The van der Waals surface area contributed by atoms with Gasteiger partial charge in [0.2, 0.25) is 11.8 Å². The van der Waals surface area contributed by atoms with E-state index in [2.05, 4.69) is 21.3 Å². The van der Waals surface area contributed by atoms with Crippen molar-refractivity contribution in [2.45, 2.75) is 76.0 Å². The number of thiazole rings is 1. The number of aromatic nitrogens is 1. The maximum atomic E-state index is 13.4. The topological polar surface area (TPSA) is 103 Å². The molecule has 8 nitrogen and oxygen atoms in total. The first-order valence-corrected chi connectivity index (χ1v) is 15.5. The summed E-state index contributed by atoms with van der Waals surface area (Å²) in [6.45, 7) is 1.44. The Morgan fingerprint density at radius 1 is 1.00 bits per heavy atom. The Morgan fingerprint density at radius 3 is 2.52 bits per heavy atom. The summed E-state index contributed by atoms with van der Waals surface area (Å²) in [5.41, 5.74) is 3.70. The van der Waals surface area contributed by atoms with Crippen molar-refractivity contribution < 1.29 is 14.4 Å². The lowest BCUT2D eigenvalue weighted by molar-refractivity contribution is -0.134. The van der Waals surface area contributed by atoms with Crippen LogP contribution in [0.15, 0.2) is 35.7 Å². The third kappa shape index (κ3) is 3.96. The largest absolute Gasteiger partial charge is 0.378 e. The fraction of sp³-hybridized carbons (Fsp3) is 0.484. The summed E-state index contributed by atoms with van der Waals surface area (Å²) < 4.78 is 0. The Morgan fingerprint density at radius 2 is 1.77 bits per heavy atom. The number of carbonyl (C=O) groups excluding carboxylic acids is 3. The van der Waals surface area contributed by atoms with Gasteiger partial charge in [-0.1, -0.05) is 12.1 Å². The second-order valence-electron chi connectivity index (χ2n) is 12.6. The first-order chi connectivity index (χ1) is 19.4. The van der Waals surface area contributed by atoms with Crippen molar-refractivity contribution in [3.8, 4) is 0 Å².